The minimum atomic E-state index is -0.586. The number of nitrogens with one attached hydrogen (secondary N) is 1. The Kier molecular flexibility index (Phi) is 5.41. The molecule has 0 aliphatic heterocycles. The molecule has 98 valence electrons. The van der Waals surface area contributed by atoms with Gasteiger partial charge in [0, 0.05) is 5.92 Å². The van der Waals surface area contributed by atoms with Crippen molar-refractivity contribution in [1.29, 1.82) is 0 Å². The number of carbonyl (C=O) groups is 2. The van der Waals surface area contributed by atoms with E-state index in [9.17, 15) is 9.59 Å². The number of nitrogens with two attached hydrogens (primary N) is 2. The Morgan fingerprint density at radius 3 is 2.71 bits per heavy atom. The minimum Gasteiger partial charge on any atom is -0.368 e. The largest absolute Gasteiger partial charge is 0.368 e. The van der Waals surface area contributed by atoms with Crippen LogP contribution in [0.3, 0.4) is 0 Å². The molecule has 0 saturated heterocycles. The second kappa shape index (κ2) is 6.59. The third kappa shape index (κ3) is 4.34. The van der Waals surface area contributed by atoms with Crippen molar-refractivity contribution >= 4 is 11.8 Å². The van der Waals surface area contributed by atoms with Crippen LogP contribution in [-0.4, -0.2) is 24.4 Å². The Balaban J connectivity index is 2.43. The molecule has 0 spiro atoms. The minimum absolute atomic E-state index is 0.0158. The van der Waals surface area contributed by atoms with Crippen LogP contribution in [0.4, 0.5) is 0 Å². The van der Waals surface area contributed by atoms with Crippen LogP contribution < -0.4 is 16.8 Å². The fourth-order valence-electron chi connectivity index (χ4n) is 2.43. The summed E-state index contributed by atoms with van der Waals surface area (Å²) >= 11 is 0. The van der Waals surface area contributed by atoms with Gasteiger partial charge in [0.2, 0.25) is 11.8 Å². The SMILES string of the molecule is CC(NC(=O)C1CCCC(CCN)C1)C(N)=O. The fraction of sp³-hybridized carbons (Fsp3) is 0.833. The summed E-state index contributed by atoms with van der Waals surface area (Å²) in [6, 6.07) is -0.586. The van der Waals surface area contributed by atoms with Crippen molar-refractivity contribution in [1.82, 2.24) is 5.32 Å². The van der Waals surface area contributed by atoms with Crippen LogP contribution in [0.25, 0.3) is 0 Å². The van der Waals surface area contributed by atoms with E-state index in [1.54, 1.807) is 6.92 Å². The second-order valence-electron chi connectivity index (χ2n) is 4.94. The van der Waals surface area contributed by atoms with Crippen LogP contribution in [0.1, 0.15) is 39.0 Å². The Morgan fingerprint density at radius 1 is 1.41 bits per heavy atom. The first-order valence-corrected chi connectivity index (χ1v) is 6.34. The molecule has 1 rings (SSSR count). The van der Waals surface area contributed by atoms with Crippen molar-refractivity contribution in [2.75, 3.05) is 6.54 Å². The lowest BCUT2D eigenvalue weighted by Crippen LogP contribution is -2.45. The Morgan fingerprint density at radius 2 is 2.12 bits per heavy atom. The van der Waals surface area contributed by atoms with Gasteiger partial charge in [-0.25, -0.2) is 0 Å². The maximum Gasteiger partial charge on any atom is 0.239 e. The molecule has 5 N–H and O–H groups in total. The molecule has 1 aliphatic carbocycles. The fourth-order valence-corrected chi connectivity index (χ4v) is 2.43. The second-order valence-corrected chi connectivity index (χ2v) is 4.94. The molecule has 0 bridgehead atoms. The van der Waals surface area contributed by atoms with Crippen LogP contribution >= 0.6 is 0 Å². The molecule has 2 amide bonds. The summed E-state index contributed by atoms with van der Waals surface area (Å²) in [6.07, 6.45) is 4.99. The lowest BCUT2D eigenvalue weighted by molar-refractivity contribution is -0.130. The molecule has 0 heterocycles. The molecular weight excluding hydrogens is 218 g/mol. The Labute approximate surface area is 102 Å². The molecule has 5 heteroatoms. The summed E-state index contributed by atoms with van der Waals surface area (Å²) in [5.74, 6) is 0.0289. The average molecular weight is 241 g/mol. The predicted octanol–water partition coefficient (Wildman–Crippen LogP) is 0.132. The molecule has 1 aliphatic rings. The highest BCUT2D eigenvalue weighted by molar-refractivity contribution is 5.87. The molecule has 0 radical (unpaired) electrons. The zero-order chi connectivity index (χ0) is 12.8. The van der Waals surface area contributed by atoms with E-state index in [-0.39, 0.29) is 11.8 Å². The van der Waals surface area contributed by atoms with E-state index in [1.807, 2.05) is 0 Å². The highest BCUT2D eigenvalue weighted by Crippen LogP contribution is 2.30. The molecule has 0 aromatic carbocycles. The molecule has 3 atom stereocenters. The summed E-state index contributed by atoms with van der Waals surface area (Å²) in [6.45, 7) is 2.29. The summed E-state index contributed by atoms with van der Waals surface area (Å²) in [5, 5.41) is 2.67. The van der Waals surface area contributed by atoms with Crippen molar-refractivity contribution in [2.24, 2.45) is 23.3 Å². The van der Waals surface area contributed by atoms with Crippen LogP contribution in [0.5, 0.6) is 0 Å². The topological polar surface area (TPSA) is 98.2 Å². The standard InChI is InChI=1S/C12H23N3O2/c1-8(11(14)16)15-12(17)10-4-2-3-9(7-10)5-6-13/h8-10H,2-7,13H2,1H3,(H2,14,16)(H,15,17). The summed E-state index contributed by atoms with van der Waals surface area (Å²) < 4.78 is 0. The number of hydrogen-bond donors (Lipinski definition) is 3. The van der Waals surface area contributed by atoms with Crippen LogP contribution in [0, 0.1) is 11.8 Å². The van der Waals surface area contributed by atoms with Gasteiger partial charge in [0.1, 0.15) is 6.04 Å². The van der Waals surface area contributed by atoms with Crippen LogP contribution in [0.2, 0.25) is 0 Å². The van der Waals surface area contributed by atoms with Gasteiger partial charge in [-0.1, -0.05) is 12.8 Å². The van der Waals surface area contributed by atoms with E-state index < -0.39 is 11.9 Å². The normalized spacial score (nSPS) is 26.2. The van der Waals surface area contributed by atoms with E-state index in [1.165, 1.54) is 0 Å². The molecule has 0 aromatic rings. The first kappa shape index (κ1) is 14.0. The Bertz CT molecular complexity index is 279. The van der Waals surface area contributed by atoms with Crippen LogP contribution in [-0.2, 0) is 9.59 Å². The highest BCUT2D eigenvalue weighted by atomic mass is 16.2. The number of hydrogen-bond acceptors (Lipinski definition) is 3. The molecule has 17 heavy (non-hydrogen) atoms. The van der Waals surface area contributed by atoms with Crippen LogP contribution in [0.15, 0.2) is 0 Å². The molecule has 0 aromatic heterocycles. The van der Waals surface area contributed by atoms with Gasteiger partial charge in [0.25, 0.3) is 0 Å². The average Bonchev–Trinajstić information content (AvgIpc) is 2.29. The van der Waals surface area contributed by atoms with Gasteiger partial charge in [-0.2, -0.15) is 0 Å². The number of primary amides is 1. The maximum atomic E-state index is 11.9. The lowest BCUT2D eigenvalue weighted by atomic mass is 9.79. The van der Waals surface area contributed by atoms with Gasteiger partial charge in [0.15, 0.2) is 0 Å². The van der Waals surface area contributed by atoms with Crippen molar-refractivity contribution in [3.63, 3.8) is 0 Å². The van der Waals surface area contributed by atoms with E-state index in [4.69, 9.17) is 11.5 Å². The molecule has 1 fully saturated rings. The van der Waals surface area contributed by atoms with Gasteiger partial charge in [0.05, 0.1) is 0 Å². The van der Waals surface area contributed by atoms with Crippen molar-refractivity contribution in [3.05, 3.63) is 0 Å². The molecular formula is C12H23N3O2. The number of amides is 2. The molecule has 1 saturated carbocycles. The van der Waals surface area contributed by atoms with E-state index >= 15 is 0 Å². The lowest BCUT2D eigenvalue weighted by Gasteiger charge is -2.28. The quantitative estimate of drug-likeness (QED) is 0.638. The predicted molar refractivity (Wildman–Crippen MR) is 65.9 cm³/mol. The maximum absolute atomic E-state index is 11.9. The smallest absolute Gasteiger partial charge is 0.239 e. The summed E-state index contributed by atoms with van der Waals surface area (Å²) in [5.41, 5.74) is 10.7. The van der Waals surface area contributed by atoms with Gasteiger partial charge >= 0.3 is 0 Å². The first-order chi connectivity index (χ1) is 8.04. The Hall–Kier alpha value is -1.10. The van der Waals surface area contributed by atoms with E-state index in [2.05, 4.69) is 5.32 Å². The first-order valence-electron chi connectivity index (χ1n) is 6.34. The van der Waals surface area contributed by atoms with Gasteiger partial charge in [-0.05, 0) is 38.6 Å². The zero-order valence-electron chi connectivity index (χ0n) is 10.4. The van der Waals surface area contributed by atoms with Gasteiger partial charge in [-0.3, -0.25) is 9.59 Å². The number of rotatable bonds is 5. The molecule has 5 nitrogen and oxygen atoms in total. The molecule has 3 unspecified atom stereocenters. The van der Waals surface area contributed by atoms with E-state index in [0.717, 1.165) is 32.1 Å². The monoisotopic (exact) mass is 241 g/mol. The third-order valence-electron chi connectivity index (χ3n) is 3.51. The van der Waals surface area contributed by atoms with Gasteiger partial charge in [-0.15, -0.1) is 0 Å². The summed E-state index contributed by atoms with van der Waals surface area (Å²) in [7, 11) is 0. The number of carbonyl (C=O) groups excluding carboxylic acids is 2. The highest BCUT2D eigenvalue weighted by Gasteiger charge is 2.28. The van der Waals surface area contributed by atoms with Gasteiger partial charge < -0.3 is 16.8 Å². The van der Waals surface area contributed by atoms with E-state index in [0.29, 0.717) is 12.5 Å². The third-order valence-corrected chi connectivity index (χ3v) is 3.51. The summed E-state index contributed by atoms with van der Waals surface area (Å²) in [4.78, 5) is 22.8. The zero-order valence-corrected chi connectivity index (χ0v) is 10.4. The van der Waals surface area contributed by atoms with Crippen molar-refractivity contribution in [3.8, 4) is 0 Å². The van der Waals surface area contributed by atoms with Crippen molar-refractivity contribution < 1.29 is 9.59 Å². The van der Waals surface area contributed by atoms with Crippen molar-refractivity contribution in [2.45, 2.75) is 45.1 Å².